The van der Waals surface area contributed by atoms with Crippen LogP contribution in [0.2, 0.25) is 0 Å². The molecule has 2 fully saturated rings. The maximum Gasteiger partial charge on any atom is 0.324 e. The Morgan fingerprint density at radius 3 is 2.58 bits per heavy atom. The monoisotopic (exact) mass is 419 g/mol. The van der Waals surface area contributed by atoms with E-state index in [4.69, 9.17) is 4.52 Å². The lowest BCUT2D eigenvalue weighted by atomic mass is 9.71. The SMILES string of the molecule is O=C(c1ccncc1)N1CC(O)CC2(CCN(c3nc(-c4ccccc4)no3)CC2)C1. The van der Waals surface area contributed by atoms with Gasteiger partial charge in [-0.05, 0) is 36.8 Å². The fourth-order valence-electron chi connectivity index (χ4n) is 4.77. The van der Waals surface area contributed by atoms with Crippen LogP contribution >= 0.6 is 0 Å². The minimum absolute atomic E-state index is 0.0487. The molecule has 0 aliphatic carbocycles. The van der Waals surface area contributed by atoms with Gasteiger partial charge in [0, 0.05) is 49.7 Å². The van der Waals surface area contributed by atoms with E-state index in [1.807, 2.05) is 30.3 Å². The van der Waals surface area contributed by atoms with Gasteiger partial charge in [0.15, 0.2) is 0 Å². The Bertz CT molecular complexity index is 1030. The number of likely N-dealkylation sites (tertiary alicyclic amines) is 1. The van der Waals surface area contributed by atoms with Gasteiger partial charge in [-0.3, -0.25) is 9.78 Å². The molecule has 1 amide bonds. The van der Waals surface area contributed by atoms with Crippen molar-refractivity contribution in [2.24, 2.45) is 5.41 Å². The number of anilines is 1. The molecule has 8 nitrogen and oxygen atoms in total. The second-order valence-corrected chi connectivity index (χ2v) is 8.53. The lowest BCUT2D eigenvalue weighted by molar-refractivity contribution is -0.0153. The molecule has 0 radical (unpaired) electrons. The Labute approximate surface area is 180 Å². The van der Waals surface area contributed by atoms with Gasteiger partial charge in [-0.15, -0.1) is 0 Å². The highest BCUT2D eigenvalue weighted by Gasteiger charge is 2.43. The fraction of sp³-hybridized carbons (Fsp3) is 0.391. The first kappa shape index (κ1) is 19.7. The van der Waals surface area contributed by atoms with Crippen molar-refractivity contribution in [3.63, 3.8) is 0 Å². The number of piperidine rings is 2. The van der Waals surface area contributed by atoms with Crippen LogP contribution in [-0.4, -0.2) is 63.3 Å². The molecule has 1 atom stereocenters. The van der Waals surface area contributed by atoms with Gasteiger partial charge in [0.05, 0.1) is 6.10 Å². The number of β-amino-alcohol motifs (C(OH)–C–C–N with tert-alkyl or cyclic N) is 1. The normalized spacial score (nSPS) is 20.7. The molecule has 1 N–H and O–H groups in total. The zero-order valence-electron chi connectivity index (χ0n) is 17.2. The Morgan fingerprint density at radius 2 is 1.84 bits per heavy atom. The van der Waals surface area contributed by atoms with E-state index in [-0.39, 0.29) is 11.3 Å². The Kier molecular flexibility index (Phi) is 5.15. The zero-order chi connectivity index (χ0) is 21.3. The van der Waals surface area contributed by atoms with E-state index < -0.39 is 6.10 Å². The lowest BCUT2D eigenvalue weighted by Gasteiger charge is -2.48. The van der Waals surface area contributed by atoms with Crippen molar-refractivity contribution < 1.29 is 14.4 Å². The summed E-state index contributed by atoms with van der Waals surface area (Å²) in [6, 6.07) is 13.7. The van der Waals surface area contributed by atoms with Crippen molar-refractivity contribution in [3.8, 4) is 11.4 Å². The van der Waals surface area contributed by atoms with Crippen molar-refractivity contribution in [1.82, 2.24) is 20.0 Å². The van der Waals surface area contributed by atoms with E-state index in [2.05, 4.69) is 20.0 Å². The van der Waals surface area contributed by atoms with Crippen LogP contribution in [0, 0.1) is 5.41 Å². The van der Waals surface area contributed by atoms with Crippen LogP contribution in [0.1, 0.15) is 29.6 Å². The molecule has 3 aromatic rings. The second-order valence-electron chi connectivity index (χ2n) is 8.53. The standard InChI is InChI=1S/C23H25N5O3/c29-19-14-23(16-28(15-19)21(30)18-6-10-24-11-7-18)8-12-27(13-9-23)22-25-20(26-31-22)17-4-2-1-3-5-17/h1-7,10-11,19,29H,8-9,12-16H2. The van der Waals surface area contributed by atoms with Crippen molar-refractivity contribution >= 4 is 11.9 Å². The smallest absolute Gasteiger partial charge is 0.324 e. The number of hydrogen-bond donors (Lipinski definition) is 1. The number of aliphatic hydroxyl groups is 1. The maximum absolute atomic E-state index is 12.9. The van der Waals surface area contributed by atoms with Gasteiger partial charge in [0.1, 0.15) is 0 Å². The number of aliphatic hydroxyl groups excluding tert-OH is 1. The van der Waals surface area contributed by atoms with E-state index in [1.165, 1.54) is 0 Å². The van der Waals surface area contributed by atoms with Gasteiger partial charge in [0.25, 0.3) is 5.91 Å². The van der Waals surface area contributed by atoms with Crippen LogP contribution in [0.5, 0.6) is 0 Å². The topological polar surface area (TPSA) is 95.6 Å². The van der Waals surface area contributed by atoms with Crippen LogP contribution in [0.25, 0.3) is 11.4 Å². The summed E-state index contributed by atoms with van der Waals surface area (Å²) in [6.07, 6.45) is 5.14. The van der Waals surface area contributed by atoms with Crippen LogP contribution in [-0.2, 0) is 0 Å². The molecule has 2 aliphatic heterocycles. The summed E-state index contributed by atoms with van der Waals surface area (Å²) >= 11 is 0. The summed E-state index contributed by atoms with van der Waals surface area (Å²) in [5, 5.41) is 14.7. The van der Waals surface area contributed by atoms with Crippen LogP contribution < -0.4 is 4.90 Å². The van der Waals surface area contributed by atoms with Gasteiger partial charge < -0.3 is 19.4 Å². The van der Waals surface area contributed by atoms with Gasteiger partial charge >= 0.3 is 6.01 Å². The van der Waals surface area contributed by atoms with E-state index >= 15 is 0 Å². The third-order valence-electron chi connectivity index (χ3n) is 6.38. The highest BCUT2D eigenvalue weighted by Crippen LogP contribution is 2.41. The fourth-order valence-corrected chi connectivity index (χ4v) is 4.77. The number of hydrogen-bond acceptors (Lipinski definition) is 7. The number of amides is 1. The van der Waals surface area contributed by atoms with E-state index in [0.29, 0.717) is 36.9 Å². The Hall–Kier alpha value is -3.26. The van der Waals surface area contributed by atoms with Gasteiger partial charge in [0.2, 0.25) is 5.82 Å². The average molecular weight is 419 g/mol. The summed E-state index contributed by atoms with van der Waals surface area (Å²) in [4.78, 5) is 25.4. The second kappa shape index (κ2) is 8.11. The summed E-state index contributed by atoms with van der Waals surface area (Å²) in [5.74, 6) is 0.533. The summed E-state index contributed by atoms with van der Waals surface area (Å²) in [6.45, 7) is 2.52. The third-order valence-corrected chi connectivity index (χ3v) is 6.38. The summed E-state index contributed by atoms with van der Waals surface area (Å²) < 4.78 is 5.52. The highest BCUT2D eigenvalue weighted by atomic mass is 16.5. The molecule has 5 rings (SSSR count). The largest absolute Gasteiger partial charge is 0.391 e. The molecule has 1 aromatic carbocycles. The predicted molar refractivity (Wildman–Crippen MR) is 114 cm³/mol. The van der Waals surface area contributed by atoms with E-state index in [1.54, 1.807) is 29.4 Å². The molecule has 4 heterocycles. The third kappa shape index (κ3) is 4.03. The first-order chi connectivity index (χ1) is 15.1. The molecular formula is C23H25N5O3. The van der Waals surface area contributed by atoms with E-state index in [0.717, 1.165) is 31.5 Å². The number of nitrogens with zero attached hydrogens (tertiary/aromatic N) is 5. The predicted octanol–water partition coefficient (Wildman–Crippen LogP) is 2.63. The molecule has 31 heavy (non-hydrogen) atoms. The zero-order valence-corrected chi connectivity index (χ0v) is 17.2. The lowest BCUT2D eigenvalue weighted by Crippen LogP contribution is -2.55. The molecule has 1 spiro atoms. The maximum atomic E-state index is 12.9. The Morgan fingerprint density at radius 1 is 1.10 bits per heavy atom. The molecule has 8 heteroatoms. The number of rotatable bonds is 3. The van der Waals surface area contributed by atoms with Gasteiger partial charge in [-0.25, -0.2) is 0 Å². The van der Waals surface area contributed by atoms with Gasteiger partial charge in [-0.2, -0.15) is 4.98 Å². The first-order valence-corrected chi connectivity index (χ1v) is 10.6. The Balaban J connectivity index is 1.27. The molecule has 0 bridgehead atoms. The quantitative estimate of drug-likeness (QED) is 0.697. The number of carbonyl (C=O) groups is 1. The number of pyridine rings is 1. The first-order valence-electron chi connectivity index (χ1n) is 10.6. The molecule has 2 aliphatic rings. The molecule has 160 valence electrons. The molecule has 2 saturated heterocycles. The van der Waals surface area contributed by atoms with E-state index in [9.17, 15) is 9.90 Å². The van der Waals surface area contributed by atoms with Crippen LogP contribution in [0.3, 0.4) is 0 Å². The average Bonchev–Trinajstić information content (AvgIpc) is 3.30. The van der Waals surface area contributed by atoms with Gasteiger partial charge in [-0.1, -0.05) is 35.5 Å². The summed E-state index contributed by atoms with van der Waals surface area (Å²) in [5.41, 5.74) is 1.43. The van der Waals surface area contributed by atoms with Crippen LogP contribution in [0.4, 0.5) is 6.01 Å². The number of carbonyl (C=O) groups excluding carboxylic acids is 1. The number of benzene rings is 1. The molecular weight excluding hydrogens is 394 g/mol. The molecule has 0 saturated carbocycles. The summed E-state index contributed by atoms with van der Waals surface area (Å²) in [7, 11) is 0. The minimum atomic E-state index is -0.515. The van der Waals surface area contributed by atoms with Crippen LogP contribution in [0.15, 0.2) is 59.4 Å². The number of aromatic nitrogens is 3. The highest BCUT2D eigenvalue weighted by molar-refractivity contribution is 5.94. The van der Waals surface area contributed by atoms with Crippen molar-refractivity contribution in [2.45, 2.75) is 25.4 Å². The minimum Gasteiger partial charge on any atom is -0.391 e. The molecule has 2 aromatic heterocycles. The van der Waals surface area contributed by atoms with Crippen molar-refractivity contribution in [2.75, 3.05) is 31.1 Å². The molecule has 1 unspecified atom stereocenters. The van der Waals surface area contributed by atoms with Crippen molar-refractivity contribution in [3.05, 3.63) is 60.4 Å². The van der Waals surface area contributed by atoms with Crippen molar-refractivity contribution in [1.29, 1.82) is 0 Å².